The molecular formula is C20H24FN3OS. The van der Waals surface area contributed by atoms with Crippen molar-refractivity contribution in [3.8, 4) is 0 Å². The van der Waals surface area contributed by atoms with Gasteiger partial charge in [-0.3, -0.25) is 9.69 Å². The summed E-state index contributed by atoms with van der Waals surface area (Å²) in [7, 11) is 0. The smallest absolute Gasteiger partial charge is 0.236 e. The Labute approximate surface area is 157 Å². The van der Waals surface area contributed by atoms with Gasteiger partial charge in [-0.2, -0.15) is 0 Å². The average molecular weight is 373 g/mol. The molecule has 0 bridgehead atoms. The van der Waals surface area contributed by atoms with Crippen LogP contribution >= 0.6 is 11.3 Å². The predicted octanol–water partition coefficient (Wildman–Crippen LogP) is 4.11. The van der Waals surface area contributed by atoms with Gasteiger partial charge in [-0.25, -0.2) is 9.37 Å². The fourth-order valence-corrected chi connectivity index (χ4v) is 5.23. The maximum atomic E-state index is 13.3. The van der Waals surface area contributed by atoms with Crippen molar-refractivity contribution >= 4 is 22.4 Å². The first-order valence-corrected chi connectivity index (χ1v) is 10.2. The number of carbonyl (C=O) groups is 1. The fraction of sp³-hybridized carbons (Fsp3) is 0.500. The van der Waals surface area contributed by atoms with Crippen LogP contribution in [0.1, 0.15) is 48.7 Å². The molecule has 0 unspecified atom stereocenters. The molecule has 6 heteroatoms. The first-order chi connectivity index (χ1) is 12.6. The van der Waals surface area contributed by atoms with E-state index in [9.17, 15) is 9.18 Å². The standard InChI is InChI=1S/C20H24FN3OS/c1-2-24-12-9-16-17(13-24)26-19(22-16)23-18(25)20(10-3-4-11-20)14-5-7-15(21)8-6-14/h5-8H,2-4,9-13H2,1H3,(H,22,23,25). The molecule has 1 aromatic heterocycles. The number of thiazole rings is 1. The maximum Gasteiger partial charge on any atom is 0.236 e. The normalized spacial score (nSPS) is 19.3. The number of rotatable bonds is 4. The average Bonchev–Trinajstić information content (AvgIpc) is 3.28. The van der Waals surface area contributed by atoms with Crippen LogP contribution in [-0.2, 0) is 23.2 Å². The van der Waals surface area contributed by atoms with Gasteiger partial charge in [0.05, 0.1) is 11.1 Å². The van der Waals surface area contributed by atoms with Crippen molar-refractivity contribution in [3.63, 3.8) is 0 Å². The molecule has 1 saturated carbocycles. The number of fused-ring (bicyclic) bond motifs is 1. The number of hydrogen-bond acceptors (Lipinski definition) is 4. The van der Waals surface area contributed by atoms with Crippen molar-refractivity contribution in [1.82, 2.24) is 9.88 Å². The highest BCUT2D eigenvalue weighted by Crippen LogP contribution is 2.42. The van der Waals surface area contributed by atoms with Crippen molar-refractivity contribution in [2.75, 3.05) is 18.4 Å². The molecule has 2 aliphatic rings. The molecule has 2 heterocycles. The minimum Gasteiger partial charge on any atom is -0.301 e. The molecule has 1 amide bonds. The second kappa shape index (κ2) is 7.08. The van der Waals surface area contributed by atoms with Crippen molar-refractivity contribution in [2.45, 2.75) is 51.0 Å². The van der Waals surface area contributed by atoms with E-state index >= 15 is 0 Å². The summed E-state index contributed by atoms with van der Waals surface area (Å²) in [5.74, 6) is -0.268. The number of nitrogens with one attached hydrogen (secondary N) is 1. The first kappa shape index (κ1) is 17.6. The number of benzene rings is 1. The Morgan fingerprint density at radius 3 is 2.73 bits per heavy atom. The van der Waals surface area contributed by atoms with E-state index in [2.05, 4.69) is 22.1 Å². The highest BCUT2D eigenvalue weighted by atomic mass is 32.1. The fourth-order valence-electron chi connectivity index (χ4n) is 4.18. The largest absolute Gasteiger partial charge is 0.301 e. The number of hydrogen-bond donors (Lipinski definition) is 1. The number of halogens is 1. The van der Waals surface area contributed by atoms with Crippen molar-refractivity contribution in [2.24, 2.45) is 0 Å². The highest BCUT2D eigenvalue weighted by molar-refractivity contribution is 7.15. The van der Waals surface area contributed by atoms with E-state index in [0.29, 0.717) is 5.13 Å². The van der Waals surface area contributed by atoms with Crippen LogP contribution in [0.4, 0.5) is 9.52 Å². The molecule has 0 saturated heterocycles. The number of likely N-dealkylation sites (N-methyl/N-ethyl adjacent to an activating group) is 1. The molecule has 138 valence electrons. The molecule has 1 aliphatic carbocycles. The highest BCUT2D eigenvalue weighted by Gasteiger charge is 2.43. The first-order valence-electron chi connectivity index (χ1n) is 9.39. The van der Waals surface area contributed by atoms with E-state index in [4.69, 9.17) is 0 Å². The molecule has 4 nitrogen and oxygen atoms in total. The summed E-state index contributed by atoms with van der Waals surface area (Å²) in [6, 6.07) is 6.41. The van der Waals surface area contributed by atoms with Gasteiger partial charge in [-0.1, -0.05) is 31.9 Å². The van der Waals surface area contributed by atoms with Crippen LogP contribution in [0, 0.1) is 5.82 Å². The topological polar surface area (TPSA) is 45.2 Å². The Morgan fingerprint density at radius 1 is 1.31 bits per heavy atom. The van der Waals surface area contributed by atoms with E-state index < -0.39 is 5.41 Å². The van der Waals surface area contributed by atoms with Crippen LogP contribution in [0.5, 0.6) is 0 Å². The van der Waals surface area contributed by atoms with E-state index in [1.165, 1.54) is 17.0 Å². The van der Waals surface area contributed by atoms with Crippen LogP contribution in [0.3, 0.4) is 0 Å². The zero-order valence-electron chi connectivity index (χ0n) is 15.1. The van der Waals surface area contributed by atoms with Gasteiger partial charge >= 0.3 is 0 Å². The lowest BCUT2D eigenvalue weighted by Gasteiger charge is -2.27. The minimum absolute atomic E-state index is 0.0000488. The van der Waals surface area contributed by atoms with Gasteiger partial charge in [0.1, 0.15) is 5.82 Å². The number of carbonyl (C=O) groups excluding carboxylic acids is 1. The molecule has 26 heavy (non-hydrogen) atoms. The molecule has 1 aliphatic heterocycles. The number of nitrogens with zero attached hydrogens (tertiary/aromatic N) is 2. The zero-order valence-corrected chi connectivity index (χ0v) is 15.9. The van der Waals surface area contributed by atoms with Crippen LogP contribution < -0.4 is 5.32 Å². The predicted molar refractivity (Wildman–Crippen MR) is 102 cm³/mol. The van der Waals surface area contributed by atoms with Gasteiger partial charge in [-0.05, 0) is 37.1 Å². The Morgan fingerprint density at radius 2 is 2.04 bits per heavy atom. The molecule has 0 atom stereocenters. The summed E-state index contributed by atoms with van der Waals surface area (Å²) in [4.78, 5) is 21.5. The molecule has 0 radical (unpaired) electrons. The van der Waals surface area contributed by atoms with Gasteiger partial charge in [0.2, 0.25) is 5.91 Å². The molecule has 4 rings (SSSR count). The van der Waals surface area contributed by atoms with E-state index in [-0.39, 0.29) is 11.7 Å². The van der Waals surface area contributed by atoms with E-state index in [1.807, 2.05) is 0 Å². The molecule has 0 spiro atoms. The zero-order chi connectivity index (χ0) is 18.1. The second-order valence-electron chi connectivity index (χ2n) is 7.26. The van der Waals surface area contributed by atoms with Gasteiger partial charge < -0.3 is 5.32 Å². The summed E-state index contributed by atoms with van der Waals surface area (Å²) in [6.07, 6.45) is 4.59. The Kier molecular flexibility index (Phi) is 4.80. The summed E-state index contributed by atoms with van der Waals surface area (Å²) in [5, 5.41) is 3.78. The Hall–Kier alpha value is -1.79. The number of anilines is 1. The van der Waals surface area contributed by atoms with Gasteiger partial charge in [0.15, 0.2) is 5.13 Å². The summed E-state index contributed by atoms with van der Waals surface area (Å²) >= 11 is 1.59. The van der Waals surface area contributed by atoms with Crippen LogP contribution in [0.2, 0.25) is 0 Å². The SMILES string of the molecule is CCN1CCc2nc(NC(=O)C3(c4ccc(F)cc4)CCCC3)sc2C1. The third-order valence-electron chi connectivity index (χ3n) is 5.77. The summed E-state index contributed by atoms with van der Waals surface area (Å²) in [6.45, 7) is 5.15. The lowest BCUT2D eigenvalue weighted by atomic mass is 9.78. The third kappa shape index (κ3) is 3.16. The van der Waals surface area contributed by atoms with Gasteiger partial charge in [0.25, 0.3) is 0 Å². The van der Waals surface area contributed by atoms with Gasteiger partial charge in [-0.15, -0.1) is 11.3 Å². The van der Waals surface area contributed by atoms with Crippen LogP contribution in [0.25, 0.3) is 0 Å². The lowest BCUT2D eigenvalue weighted by molar-refractivity contribution is -0.121. The molecular weight excluding hydrogens is 349 g/mol. The minimum atomic E-state index is -0.560. The van der Waals surface area contributed by atoms with Crippen LogP contribution in [-0.4, -0.2) is 28.9 Å². The van der Waals surface area contributed by atoms with E-state index in [0.717, 1.165) is 63.0 Å². The number of amides is 1. The summed E-state index contributed by atoms with van der Waals surface area (Å²) < 4.78 is 13.3. The quantitative estimate of drug-likeness (QED) is 0.877. The van der Waals surface area contributed by atoms with Crippen molar-refractivity contribution in [3.05, 3.63) is 46.2 Å². The molecule has 1 fully saturated rings. The Balaban J connectivity index is 1.56. The van der Waals surface area contributed by atoms with Crippen LogP contribution in [0.15, 0.2) is 24.3 Å². The second-order valence-corrected chi connectivity index (χ2v) is 8.34. The van der Waals surface area contributed by atoms with Crippen molar-refractivity contribution < 1.29 is 9.18 Å². The lowest BCUT2D eigenvalue weighted by Crippen LogP contribution is -2.38. The molecule has 2 aromatic rings. The molecule has 1 aromatic carbocycles. The monoisotopic (exact) mass is 373 g/mol. The maximum absolute atomic E-state index is 13.3. The third-order valence-corrected chi connectivity index (χ3v) is 6.76. The molecule has 1 N–H and O–H groups in total. The summed E-state index contributed by atoms with van der Waals surface area (Å²) in [5.41, 5.74) is 1.47. The van der Waals surface area contributed by atoms with Crippen molar-refractivity contribution in [1.29, 1.82) is 0 Å². The van der Waals surface area contributed by atoms with Gasteiger partial charge in [0, 0.05) is 24.4 Å². The Bertz CT molecular complexity index is 796. The van der Waals surface area contributed by atoms with E-state index in [1.54, 1.807) is 23.5 Å². The number of aromatic nitrogens is 1.